The van der Waals surface area contributed by atoms with Crippen molar-refractivity contribution in [2.24, 2.45) is 5.41 Å². The first-order valence-electron chi connectivity index (χ1n) is 8.45. The van der Waals surface area contributed by atoms with Crippen molar-refractivity contribution in [3.63, 3.8) is 0 Å². The van der Waals surface area contributed by atoms with E-state index in [0.717, 1.165) is 19.8 Å². The molecule has 0 unspecified atom stereocenters. The van der Waals surface area contributed by atoms with Gasteiger partial charge in [-0.25, -0.2) is 0 Å². The molecule has 21 heavy (non-hydrogen) atoms. The Morgan fingerprint density at radius 1 is 1.05 bits per heavy atom. The lowest BCUT2D eigenvalue weighted by Crippen LogP contribution is -2.53. The molecule has 0 saturated carbocycles. The summed E-state index contributed by atoms with van der Waals surface area (Å²) in [5, 5.41) is 3.41. The zero-order valence-corrected chi connectivity index (χ0v) is 14.2. The molecule has 0 radical (unpaired) electrons. The average Bonchev–Trinajstić information content (AvgIpc) is 2.47. The van der Waals surface area contributed by atoms with E-state index in [2.05, 4.69) is 41.2 Å². The third-order valence-electron chi connectivity index (χ3n) is 4.99. The number of hydrogen-bond acceptors (Lipinski definition) is 5. The van der Waals surface area contributed by atoms with Crippen molar-refractivity contribution >= 4 is 0 Å². The third-order valence-corrected chi connectivity index (χ3v) is 4.99. The summed E-state index contributed by atoms with van der Waals surface area (Å²) in [6.07, 6.45) is 2.41. The monoisotopic (exact) mass is 298 g/mol. The summed E-state index contributed by atoms with van der Waals surface area (Å²) in [7, 11) is 6.39. The van der Waals surface area contributed by atoms with Crippen molar-refractivity contribution in [3.8, 4) is 0 Å². The topological polar surface area (TPSA) is 31.0 Å². The maximum atomic E-state index is 5.57. The largest absolute Gasteiger partial charge is 0.381 e. The van der Waals surface area contributed by atoms with Crippen molar-refractivity contribution in [2.75, 3.05) is 86.7 Å². The Kier molecular flexibility index (Phi) is 6.89. The van der Waals surface area contributed by atoms with Gasteiger partial charge in [0.1, 0.15) is 0 Å². The van der Waals surface area contributed by atoms with Crippen LogP contribution in [0.3, 0.4) is 0 Å². The van der Waals surface area contributed by atoms with Crippen molar-refractivity contribution in [3.05, 3.63) is 0 Å². The van der Waals surface area contributed by atoms with Crippen LogP contribution in [0.2, 0.25) is 0 Å². The van der Waals surface area contributed by atoms with Crippen molar-refractivity contribution < 1.29 is 4.74 Å². The molecule has 2 rings (SSSR count). The van der Waals surface area contributed by atoms with Crippen LogP contribution in [-0.2, 0) is 4.74 Å². The molecule has 0 amide bonds. The molecule has 0 atom stereocenters. The van der Waals surface area contributed by atoms with Crippen LogP contribution in [0.4, 0.5) is 0 Å². The number of hydrogen-bond donors (Lipinski definition) is 1. The summed E-state index contributed by atoms with van der Waals surface area (Å²) in [5.74, 6) is 0. The molecule has 1 N–H and O–H groups in total. The SMILES string of the molecule is CNCC1(CN2CCN(CCN(C)C)CC2)CCOCC1. The van der Waals surface area contributed by atoms with E-state index in [4.69, 9.17) is 4.74 Å². The minimum absolute atomic E-state index is 0.429. The van der Waals surface area contributed by atoms with E-state index in [1.165, 1.54) is 58.7 Å². The average molecular weight is 298 g/mol. The van der Waals surface area contributed by atoms with Gasteiger partial charge in [0.15, 0.2) is 0 Å². The summed E-state index contributed by atoms with van der Waals surface area (Å²) in [4.78, 5) is 7.55. The van der Waals surface area contributed by atoms with Crippen molar-refractivity contribution in [1.82, 2.24) is 20.0 Å². The van der Waals surface area contributed by atoms with E-state index in [1.807, 2.05) is 0 Å². The molecule has 2 fully saturated rings. The predicted molar refractivity (Wildman–Crippen MR) is 87.8 cm³/mol. The zero-order chi connectivity index (χ0) is 15.1. The van der Waals surface area contributed by atoms with E-state index >= 15 is 0 Å². The number of nitrogens with one attached hydrogen (secondary N) is 1. The molecule has 2 heterocycles. The lowest BCUT2D eigenvalue weighted by molar-refractivity contribution is -0.0117. The molecule has 0 aromatic carbocycles. The standard InChI is InChI=1S/C16H34N4O/c1-17-14-16(4-12-21-13-5-16)15-20-10-8-19(9-11-20)7-6-18(2)3/h17H,4-15H2,1-3H3. The summed E-state index contributed by atoms with van der Waals surface area (Å²) in [6.45, 7) is 11.5. The van der Waals surface area contributed by atoms with Crippen molar-refractivity contribution in [2.45, 2.75) is 12.8 Å². The number of piperazine rings is 1. The maximum absolute atomic E-state index is 5.57. The molecular weight excluding hydrogens is 264 g/mol. The molecule has 0 aliphatic carbocycles. The molecule has 124 valence electrons. The number of rotatable bonds is 7. The van der Waals surface area contributed by atoms with Crippen LogP contribution in [0.1, 0.15) is 12.8 Å². The molecule has 0 spiro atoms. The van der Waals surface area contributed by atoms with Gasteiger partial charge in [-0.3, -0.25) is 4.90 Å². The van der Waals surface area contributed by atoms with Crippen LogP contribution >= 0.6 is 0 Å². The molecule has 2 saturated heterocycles. The van der Waals surface area contributed by atoms with E-state index in [0.29, 0.717) is 5.41 Å². The van der Waals surface area contributed by atoms with Crippen LogP contribution in [0, 0.1) is 5.41 Å². The zero-order valence-electron chi connectivity index (χ0n) is 14.2. The highest BCUT2D eigenvalue weighted by Gasteiger charge is 2.34. The molecule has 2 aliphatic rings. The molecular formula is C16H34N4O. The molecule has 0 bridgehead atoms. The molecule has 0 aromatic rings. The van der Waals surface area contributed by atoms with E-state index in [1.54, 1.807) is 0 Å². The van der Waals surface area contributed by atoms with E-state index in [-0.39, 0.29) is 0 Å². The van der Waals surface area contributed by atoms with Gasteiger partial charge >= 0.3 is 0 Å². The third kappa shape index (κ3) is 5.49. The normalized spacial score (nSPS) is 24.6. The Bertz CT molecular complexity index is 278. The summed E-state index contributed by atoms with van der Waals surface area (Å²) in [5.41, 5.74) is 0.429. The van der Waals surface area contributed by atoms with Gasteiger partial charge in [-0.15, -0.1) is 0 Å². The second-order valence-electron chi connectivity index (χ2n) is 7.06. The highest BCUT2D eigenvalue weighted by atomic mass is 16.5. The quantitative estimate of drug-likeness (QED) is 0.725. The van der Waals surface area contributed by atoms with Crippen molar-refractivity contribution in [1.29, 1.82) is 0 Å². The maximum Gasteiger partial charge on any atom is 0.0472 e. The Labute approximate surface area is 130 Å². The second-order valence-corrected chi connectivity index (χ2v) is 7.06. The Balaban J connectivity index is 1.76. The minimum atomic E-state index is 0.429. The first-order valence-corrected chi connectivity index (χ1v) is 8.45. The second kappa shape index (κ2) is 8.44. The number of ether oxygens (including phenoxy) is 1. The summed E-state index contributed by atoms with van der Waals surface area (Å²) >= 11 is 0. The Morgan fingerprint density at radius 3 is 2.24 bits per heavy atom. The fourth-order valence-electron chi connectivity index (χ4n) is 3.56. The molecule has 5 nitrogen and oxygen atoms in total. The highest BCUT2D eigenvalue weighted by molar-refractivity contribution is 4.88. The Morgan fingerprint density at radius 2 is 1.67 bits per heavy atom. The minimum Gasteiger partial charge on any atom is -0.381 e. The lowest BCUT2D eigenvalue weighted by atomic mass is 9.79. The number of nitrogens with zero attached hydrogens (tertiary/aromatic N) is 3. The smallest absolute Gasteiger partial charge is 0.0472 e. The van der Waals surface area contributed by atoms with Gasteiger partial charge in [-0.1, -0.05) is 0 Å². The van der Waals surface area contributed by atoms with Gasteiger partial charge in [-0.2, -0.15) is 0 Å². The van der Waals surface area contributed by atoms with Gasteiger partial charge in [-0.05, 0) is 39.4 Å². The van der Waals surface area contributed by atoms with Gasteiger partial charge in [0.05, 0.1) is 0 Å². The van der Waals surface area contributed by atoms with Gasteiger partial charge in [0.2, 0.25) is 0 Å². The fraction of sp³-hybridized carbons (Fsp3) is 1.00. The molecule has 2 aliphatic heterocycles. The van der Waals surface area contributed by atoms with E-state index < -0.39 is 0 Å². The summed E-state index contributed by atoms with van der Waals surface area (Å²) in [6, 6.07) is 0. The highest BCUT2D eigenvalue weighted by Crippen LogP contribution is 2.31. The summed E-state index contributed by atoms with van der Waals surface area (Å²) < 4.78 is 5.57. The van der Waals surface area contributed by atoms with Crippen LogP contribution in [0.15, 0.2) is 0 Å². The first-order chi connectivity index (χ1) is 10.1. The van der Waals surface area contributed by atoms with Gasteiger partial charge in [0.25, 0.3) is 0 Å². The predicted octanol–water partition coefficient (Wildman–Crippen LogP) is 0.182. The van der Waals surface area contributed by atoms with Gasteiger partial charge < -0.3 is 19.9 Å². The lowest BCUT2D eigenvalue weighted by Gasteiger charge is -2.44. The van der Waals surface area contributed by atoms with Crippen LogP contribution < -0.4 is 5.32 Å². The van der Waals surface area contributed by atoms with E-state index in [9.17, 15) is 0 Å². The van der Waals surface area contributed by atoms with Crippen LogP contribution in [0.5, 0.6) is 0 Å². The number of likely N-dealkylation sites (N-methyl/N-ethyl adjacent to an activating group) is 1. The molecule has 5 heteroatoms. The van der Waals surface area contributed by atoms with Gasteiger partial charge in [0, 0.05) is 65.6 Å². The fourth-order valence-corrected chi connectivity index (χ4v) is 3.56. The Hall–Kier alpha value is -0.200. The first kappa shape index (κ1) is 17.2. The van der Waals surface area contributed by atoms with Crippen LogP contribution in [0.25, 0.3) is 0 Å². The molecule has 0 aromatic heterocycles. The van der Waals surface area contributed by atoms with Crippen LogP contribution in [-0.4, -0.2) is 101 Å².